The van der Waals surface area contributed by atoms with Gasteiger partial charge in [-0.3, -0.25) is 4.79 Å². The first kappa shape index (κ1) is 10.6. The van der Waals surface area contributed by atoms with Crippen molar-refractivity contribution in [1.29, 1.82) is 0 Å². The van der Waals surface area contributed by atoms with Crippen LogP contribution in [0.3, 0.4) is 0 Å². The molecule has 1 saturated heterocycles. The van der Waals surface area contributed by atoms with Crippen molar-refractivity contribution in [2.45, 2.75) is 52.6 Å². The summed E-state index contributed by atoms with van der Waals surface area (Å²) in [5.74, 6) is 1.21. The van der Waals surface area contributed by atoms with E-state index in [0.717, 1.165) is 19.3 Å². The SMILES string of the molecule is CC(C)CCC1CC(C)CC(=O)O1. The van der Waals surface area contributed by atoms with Gasteiger partial charge >= 0.3 is 5.97 Å². The maximum atomic E-state index is 11.1. The average Bonchev–Trinajstić information content (AvgIpc) is 1.99. The predicted octanol–water partition coefficient (Wildman–Crippen LogP) is 2.76. The number of cyclic esters (lactones) is 1. The minimum atomic E-state index is -0.00694. The highest BCUT2D eigenvalue weighted by Gasteiger charge is 2.25. The van der Waals surface area contributed by atoms with E-state index in [-0.39, 0.29) is 12.1 Å². The van der Waals surface area contributed by atoms with Gasteiger partial charge in [0.1, 0.15) is 6.10 Å². The van der Waals surface area contributed by atoms with E-state index in [1.807, 2.05) is 0 Å². The summed E-state index contributed by atoms with van der Waals surface area (Å²) in [5.41, 5.74) is 0. The highest BCUT2D eigenvalue weighted by atomic mass is 16.5. The lowest BCUT2D eigenvalue weighted by Crippen LogP contribution is -2.28. The monoisotopic (exact) mass is 184 g/mol. The molecule has 76 valence electrons. The number of esters is 1. The van der Waals surface area contributed by atoms with Crippen LogP contribution in [0.25, 0.3) is 0 Å². The zero-order valence-corrected chi connectivity index (χ0v) is 8.88. The van der Waals surface area contributed by atoms with Crippen LogP contribution in [0.1, 0.15) is 46.5 Å². The molecule has 2 heteroatoms. The molecule has 2 atom stereocenters. The second-order valence-corrected chi connectivity index (χ2v) is 4.63. The van der Waals surface area contributed by atoms with Crippen molar-refractivity contribution >= 4 is 5.97 Å². The summed E-state index contributed by atoms with van der Waals surface area (Å²) < 4.78 is 5.27. The van der Waals surface area contributed by atoms with Crippen LogP contribution in [0, 0.1) is 11.8 Å². The van der Waals surface area contributed by atoms with Gasteiger partial charge in [-0.1, -0.05) is 20.8 Å². The van der Waals surface area contributed by atoms with E-state index in [1.165, 1.54) is 0 Å². The number of hydrogen-bond acceptors (Lipinski definition) is 2. The largest absolute Gasteiger partial charge is 0.462 e. The molecule has 1 fully saturated rings. The van der Waals surface area contributed by atoms with Crippen molar-refractivity contribution in [3.63, 3.8) is 0 Å². The minimum Gasteiger partial charge on any atom is -0.462 e. The van der Waals surface area contributed by atoms with Gasteiger partial charge in [-0.2, -0.15) is 0 Å². The maximum absolute atomic E-state index is 11.1. The molecule has 0 saturated carbocycles. The first-order valence-corrected chi connectivity index (χ1v) is 5.27. The Kier molecular flexibility index (Phi) is 3.76. The number of ether oxygens (including phenoxy) is 1. The van der Waals surface area contributed by atoms with Gasteiger partial charge in [-0.15, -0.1) is 0 Å². The molecular weight excluding hydrogens is 164 g/mol. The summed E-state index contributed by atoms with van der Waals surface area (Å²) in [7, 11) is 0. The van der Waals surface area contributed by atoms with E-state index in [1.54, 1.807) is 0 Å². The van der Waals surface area contributed by atoms with Crippen molar-refractivity contribution in [2.75, 3.05) is 0 Å². The molecule has 2 unspecified atom stereocenters. The fourth-order valence-electron chi connectivity index (χ4n) is 1.79. The molecule has 2 nitrogen and oxygen atoms in total. The molecule has 0 spiro atoms. The summed E-state index contributed by atoms with van der Waals surface area (Å²) in [5, 5.41) is 0. The lowest BCUT2D eigenvalue weighted by molar-refractivity contribution is -0.156. The second kappa shape index (κ2) is 4.64. The molecular formula is C11H20O2. The van der Waals surface area contributed by atoms with E-state index in [2.05, 4.69) is 20.8 Å². The lowest BCUT2D eigenvalue weighted by atomic mass is 9.93. The number of carbonyl (C=O) groups excluding carboxylic acids is 1. The molecule has 0 aromatic rings. The molecule has 0 bridgehead atoms. The van der Waals surface area contributed by atoms with Gasteiger partial charge in [0.05, 0.1) is 0 Å². The van der Waals surface area contributed by atoms with Crippen LogP contribution in [0.2, 0.25) is 0 Å². The van der Waals surface area contributed by atoms with Crippen LogP contribution in [0.15, 0.2) is 0 Å². The molecule has 0 aromatic carbocycles. The molecule has 0 N–H and O–H groups in total. The zero-order chi connectivity index (χ0) is 9.84. The topological polar surface area (TPSA) is 26.3 Å². The van der Waals surface area contributed by atoms with E-state index in [0.29, 0.717) is 18.3 Å². The number of hydrogen-bond donors (Lipinski definition) is 0. The van der Waals surface area contributed by atoms with Gasteiger partial charge in [-0.05, 0) is 31.1 Å². The van der Waals surface area contributed by atoms with E-state index in [9.17, 15) is 4.79 Å². The van der Waals surface area contributed by atoms with E-state index >= 15 is 0 Å². The third-order valence-electron chi connectivity index (χ3n) is 2.54. The molecule has 0 amide bonds. The normalized spacial score (nSPS) is 29.1. The molecule has 0 radical (unpaired) electrons. The zero-order valence-electron chi connectivity index (χ0n) is 8.88. The Balaban J connectivity index is 2.29. The Morgan fingerprint density at radius 3 is 2.77 bits per heavy atom. The molecule has 1 aliphatic heterocycles. The van der Waals surface area contributed by atoms with Crippen molar-refractivity contribution in [1.82, 2.24) is 0 Å². The first-order valence-electron chi connectivity index (χ1n) is 5.27. The Morgan fingerprint density at radius 1 is 1.54 bits per heavy atom. The second-order valence-electron chi connectivity index (χ2n) is 4.63. The van der Waals surface area contributed by atoms with Crippen molar-refractivity contribution in [3.05, 3.63) is 0 Å². The third kappa shape index (κ3) is 3.79. The van der Waals surface area contributed by atoms with Crippen LogP contribution >= 0.6 is 0 Å². The maximum Gasteiger partial charge on any atom is 0.306 e. The van der Waals surface area contributed by atoms with Crippen molar-refractivity contribution in [2.24, 2.45) is 11.8 Å². The van der Waals surface area contributed by atoms with Crippen LogP contribution < -0.4 is 0 Å². The first-order chi connectivity index (χ1) is 6.08. The van der Waals surface area contributed by atoms with Gasteiger partial charge in [0.25, 0.3) is 0 Å². The van der Waals surface area contributed by atoms with E-state index < -0.39 is 0 Å². The molecule has 0 aliphatic carbocycles. The molecule has 13 heavy (non-hydrogen) atoms. The number of rotatable bonds is 3. The molecule has 1 aliphatic rings. The summed E-state index contributed by atoms with van der Waals surface area (Å²) in [6, 6.07) is 0. The molecule has 1 rings (SSSR count). The van der Waals surface area contributed by atoms with Gasteiger partial charge in [0.15, 0.2) is 0 Å². The van der Waals surface area contributed by atoms with Gasteiger partial charge in [-0.25, -0.2) is 0 Å². The van der Waals surface area contributed by atoms with Crippen molar-refractivity contribution in [3.8, 4) is 0 Å². The minimum absolute atomic E-state index is 0.00694. The summed E-state index contributed by atoms with van der Waals surface area (Å²) in [4.78, 5) is 11.1. The Labute approximate surface area is 80.7 Å². The smallest absolute Gasteiger partial charge is 0.306 e. The Bertz CT molecular complexity index is 175. The summed E-state index contributed by atoms with van der Waals surface area (Å²) in [6.07, 6.45) is 4.05. The average molecular weight is 184 g/mol. The highest BCUT2D eigenvalue weighted by Crippen LogP contribution is 2.24. The standard InChI is InChI=1S/C11H20O2/c1-8(2)4-5-10-6-9(3)7-11(12)13-10/h8-10H,4-7H2,1-3H3. The summed E-state index contributed by atoms with van der Waals surface area (Å²) in [6.45, 7) is 6.53. The van der Waals surface area contributed by atoms with Gasteiger partial charge in [0.2, 0.25) is 0 Å². The Hall–Kier alpha value is -0.530. The van der Waals surface area contributed by atoms with E-state index in [4.69, 9.17) is 4.74 Å². The van der Waals surface area contributed by atoms with Crippen LogP contribution in [0.5, 0.6) is 0 Å². The molecule has 0 aromatic heterocycles. The third-order valence-corrected chi connectivity index (χ3v) is 2.54. The van der Waals surface area contributed by atoms with Gasteiger partial charge in [0, 0.05) is 6.42 Å². The molecule has 1 heterocycles. The predicted molar refractivity (Wildman–Crippen MR) is 52.4 cm³/mol. The van der Waals surface area contributed by atoms with Crippen LogP contribution in [-0.2, 0) is 9.53 Å². The van der Waals surface area contributed by atoms with Crippen molar-refractivity contribution < 1.29 is 9.53 Å². The highest BCUT2D eigenvalue weighted by molar-refractivity contribution is 5.70. The lowest BCUT2D eigenvalue weighted by Gasteiger charge is -2.27. The summed E-state index contributed by atoms with van der Waals surface area (Å²) >= 11 is 0. The fourth-order valence-corrected chi connectivity index (χ4v) is 1.79. The van der Waals surface area contributed by atoms with Gasteiger partial charge < -0.3 is 4.74 Å². The number of carbonyl (C=O) groups is 1. The van der Waals surface area contributed by atoms with Crippen LogP contribution in [-0.4, -0.2) is 12.1 Å². The van der Waals surface area contributed by atoms with Crippen LogP contribution in [0.4, 0.5) is 0 Å². The quantitative estimate of drug-likeness (QED) is 0.630. The fraction of sp³-hybridized carbons (Fsp3) is 0.909. The Morgan fingerprint density at radius 2 is 2.23 bits per heavy atom.